The van der Waals surface area contributed by atoms with Gasteiger partial charge in [-0.05, 0) is 31.0 Å². The maximum Gasteiger partial charge on any atom is 0.311 e. The van der Waals surface area contributed by atoms with Crippen LogP contribution in [0.3, 0.4) is 0 Å². The molecule has 1 atom stereocenters. The number of nitrogens with one attached hydrogen (secondary N) is 1. The summed E-state index contributed by atoms with van der Waals surface area (Å²) in [5.74, 6) is -0.405. The number of hydrogen-bond donors (Lipinski definition) is 1. The fourth-order valence-electron chi connectivity index (χ4n) is 3.84. The number of ether oxygens (including phenoxy) is 2. The lowest BCUT2D eigenvalue weighted by atomic mass is 10.0. The zero-order chi connectivity index (χ0) is 26.8. The summed E-state index contributed by atoms with van der Waals surface area (Å²) in [6.45, 7) is 3.57. The number of benzene rings is 3. The van der Waals surface area contributed by atoms with E-state index in [0.29, 0.717) is 6.42 Å². The number of amides is 2. The molecule has 0 heterocycles. The minimum Gasteiger partial charge on any atom is -0.490 e. The molecular formula is C28H31N3O6. The number of nitro benzene ring substituents is 1. The van der Waals surface area contributed by atoms with Crippen molar-refractivity contribution in [1.82, 2.24) is 10.2 Å². The van der Waals surface area contributed by atoms with E-state index in [0.717, 1.165) is 11.1 Å². The highest BCUT2D eigenvalue weighted by Gasteiger charge is 2.31. The molecule has 1 N–H and O–H groups in total. The fourth-order valence-corrected chi connectivity index (χ4v) is 3.84. The van der Waals surface area contributed by atoms with Crippen LogP contribution in [-0.2, 0) is 22.6 Å². The molecule has 0 saturated heterocycles. The van der Waals surface area contributed by atoms with Crippen LogP contribution in [0.1, 0.15) is 25.0 Å². The molecule has 3 rings (SSSR count). The molecule has 2 amide bonds. The van der Waals surface area contributed by atoms with E-state index < -0.39 is 16.9 Å². The number of methoxy groups -OCH3 is 1. The summed E-state index contributed by atoms with van der Waals surface area (Å²) in [5.41, 5.74) is 1.57. The van der Waals surface area contributed by atoms with Gasteiger partial charge in [-0.15, -0.1) is 0 Å². The van der Waals surface area contributed by atoms with E-state index in [2.05, 4.69) is 5.32 Å². The Bertz CT molecular complexity index is 1200. The number of nitrogens with zero attached hydrogens (tertiary/aromatic N) is 2. The first kappa shape index (κ1) is 27.2. The Morgan fingerprint density at radius 3 is 2.16 bits per heavy atom. The lowest BCUT2D eigenvalue weighted by Crippen LogP contribution is -2.52. The first-order chi connectivity index (χ1) is 17.8. The molecule has 0 aliphatic carbocycles. The van der Waals surface area contributed by atoms with Crippen LogP contribution in [0.15, 0.2) is 78.9 Å². The van der Waals surface area contributed by atoms with Gasteiger partial charge in [0.05, 0.1) is 12.0 Å². The van der Waals surface area contributed by atoms with Gasteiger partial charge in [-0.2, -0.15) is 0 Å². The average Bonchev–Trinajstić information content (AvgIpc) is 2.89. The van der Waals surface area contributed by atoms with Crippen LogP contribution >= 0.6 is 0 Å². The smallest absolute Gasteiger partial charge is 0.311 e. The molecule has 9 nitrogen and oxygen atoms in total. The third kappa shape index (κ3) is 7.79. The van der Waals surface area contributed by atoms with Gasteiger partial charge in [0.25, 0.3) is 5.91 Å². The highest BCUT2D eigenvalue weighted by Crippen LogP contribution is 2.30. The SMILES string of the molecule is COc1cc(OCC(=O)N(Cc2ccccc2)C(Cc2ccccc2)C(=O)NC(C)C)ccc1[N+](=O)[O-]. The molecule has 0 saturated carbocycles. The van der Waals surface area contributed by atoms with Crippen molar-refractivity contribution >= 4 is 17.5 Å². The zero-order valence-electron chi connectivity index (χ0n) is 21.1. The van der Waals surface area contributed by atoms with E-state index in [-0.39, 0.29) is 42.3 Å². The Labute approximate surface area is 216 Å². The summed E-state index contributed by atoms with van der Waals surface area (Å²) in [5, 5.41) is 14.1. The molecule has 37 heavy (non-hydrogen) atoms. The highest BCUT2D eigenvalue weighted by atomic mass is 16.6. The van der Waals surface area contributed by atoms with Crippen molar-refractivity contribution in [2.75, 3.05) is 13.7 Å². The van der Waals surface area contributed by atoms with Crippen molar-refractivity contribution < 1.29 is 24.0 Å². The molecule has 0 bridgehead atoms. The van der Waals surface area contributed by atoms with Crippen LogP contribution in [0, 0.1) is 10.1 Å². The van der Waals surface area contributed by atoms with Crippen LogP contribution in [-0.4, -0.2) is 47.4 Å². The topological polar surface area (TPSA) is 111 Å². The van der Waals surface area contributed by atoms with Crippen LogP contribution in [0.5, 0.6) is 11.5 Å². The molecule has 3 aromatic carbocycles. The second-order valence-corrected chi connectivity index (χ2v) is 8.76. The molecule has 0 radical (unpaired) electrons. The summed E-state index contributed by atoms with van der Waals surface area (Å²) in [7, 11) is 1.32. The number of nitro groups is 1. The Morgan fingerprint density at radius 1 is 0.973 bits per heavy atom. The van der Waals surface area contributed by atoms with Gasteiger partial charge in [-0.25, -0.2) is 0 Å². The first-order valence-electron chi connectivity index (χ1n) is 11.9. The first-order valence-corrected chi connectivity index (χ1v) is 11.9. The number of hydrogen-bond acceptors (Lipinski definition) is 6. The second kappa shape index (κ2) is 13.1. The normalized spacial score (nSPS) is 11.5. The fraction of sp³-hybridized carbons (Fsp3) is 0.286. The van der Waals surface area contributed by atoms with Crippen molar-refractivity contribution in [3.8, 4) is 11.5 Å². The third-order valence-corrected chi connectivity index (χ3v) is 5.61. The molecule has 0 aliphatic rings. The van der Waals surface area contributed by atoms with Gasteiger partial charge in [-0.3, -0.25) is 19.7 Å². The van der Waals surface area contributed by atoms with Gasteiger partial charge in [0.15, 0.2) is 6.61 Å². The number of carbonyl (C=O) groups excluding carboxylic acids is 2. The molecule has 9 heteroatoms. The van der Waals surface area contributed by atoms with Gasteiger partial charge < -0.3 is 19.7 Å². The summed E-state index contributed by atoms with van der Waals surface area (Å²) in [4.78, 5) is 39.0. The largest absolute Gasteiger partial charge is 0.490 e. The minimum absolute atomic E-state index is 0.0226. The van der Waals surface area contributed by atoms with E-state index >= 15 is 0 Å². The lowest BCUT2D eigenvalue weighted by Gasteiger charge is -2.32. The molecule has 1 unspecified atom stereocenters. The molecule has 194 valence electrons. The Morgan fingerprint density at radius 2 is 1.59 bits per heavy atom. The summed E-state index contributed by atoms with van der Waals surface area (Å²) < 4.78 is 10.8. The number of rotatable bonds is 12. The summed E-state index contributed by atoms with van der Waals surface area (Å²) in [6, 6.07) is 22.1. The summed E-state index contributed by atoms with van der Waals surface area (Å²) >= 11 is 0. The van der Waals surface area contributed by atoms with E-state index in [1.807, 2.05) is 74.5 Å². The van der Waals surface area contributed by atoms with Gasteiger partial charge in [-0.1, -0.05) is 60.7 Å². The van der Waals surface area contributed by atoms with Gasteiger partial charge >= 0.3 is 5.69 Å². The van der Waals surface area contributed by atoms with E-state index in [1.165, 1.54) is 30.2 Å². The predicted molar refractivity (Wildman–Crippen MR) is 139 cm³/mol. The van der Waals surface area contributed by atoms with Gasteiger partial charge in [0, 0.05) is 31.1 Å². The monoisotopic (exact) mass is 505 g/mol. The Balaban J connectivity index is 1.89. The standard InChI is InChI=1S/C28H31N3O6/c1-20(2)29-28(33)25(16-21-10-6-4-7-11-21)30(18-22-12-8-5-9-13-22)27(32)19-37-23-14-15-24(31(34)35)26(17-23)36-3/h4-15,17,20,25H,16,18-19H2,1-3H3,(H,29,33). The molecule has 0 fully saturated rings. The quantitative estimate of drug-likeness (QED) is 0.292. The molecule has 3 aromatic rings. The van der Waals surface area contributed by atoms with E-state index in [4.69, 9.17) is 9.47 Å². The summed E-state index contributed by atoms with van der Waals surface area (Å²) in [6.07, 6.45) is 0.323. The van der Waals surface area contributed by atoms with Gasteiger partial charge in [0.2, 0.25) is 11.7 Å². The zero-order valence-corrected chi connectivity index (χ0v) is 21.1. The lowest BCUT2D eigenvalue weighted by molar-refractivity contribution is -0.385. The minimum atomic E-state index is -0.785. The maximum absolute atomic E-state index is 13.6. The van der Waals surface area contributed by atoms with Crippen LogP contribution < -0.4 is 14.8 Å². The predicted octanol–water partition coefficient (Wildman–Crippen LogP) is 4.15. The Hall–Kier alpha value is -4.40. The van der Waals surface area contributed by atoms with Gasteiger partial charge in [0.1, 0.15) is 11.8 Å². The maximum atomic E-state index is 13.6. The van der Waals surface area contributed by atoms with Crippen molar-refractivity contribution in [3.63, 3.8) is 0 Å². The van der Waals surface area contributed by atoms with Crippen molar-refractivity contribution in [2.45, 2.75) is 38.9 Å². The van der Waals surface area contributed by atoms with Crippen molar-refractivity contribution in [2.24, 2.45) is 0 Å². The van der Waals surface area contributed by atoms with Crippen LogP contribution in [0.4, 0.5) is 5.69 Å². The van der Waals surface area contributed by atoms with Crippen molar-refractivity contribution in [1.29, 1.82) is 0 Å². The Kier molecular flexibility index (Phi) is 9.60. The average molecular weight is 506 g/mol. The number of carbonyl (C=O) groups is 2. The van der Waals surface area contributed by atoms with E-state index in [1.54, 1.807) is 0 Å². The molecular weight excluding hydrogens is 474 g/mol. The second-order valence-electron chi connectivity index (χ2n) is 8.76. The molecule has 0 aromatic heterocycles. The van der Waals surface area contributed by atoms with Crippen LogP contribution in [0.2, 0.25) is 0 Å². The van der Waals surface area contributed by atoms with Crippen LogP contribution in [0.25, 0.3) is 0 Å². The highest BCUT2D eigenvalue weighted by molar-refractivity contribution is 5.88. The van der Waals surface area contributed by atoms with E-state index in [9.17, 15) is 19.7 Å². The molecule has 0 spiro atoms. The third-order valence-electron chi connectivity index (χ3n) is 5.61. The van der Waals surface area contributed by atoms with Crippen molar-refractivity contribution in [3.05, 3.63) is 100 Å². The molecule has 0 aliphatic heterocycles.